The van der Waals surface area contributed by atoms with Crippen LogP contribution in [0.15, 0.2) is 42.6 Å². The Bertz CT molecular complexity index is 766. The minimum Gasteiger partial charge on any atom is -0.497 e. The fourth-order valence-electron chi connectivity index (χ4n) is 1.89. The third-order valence-electron chi connectivity index (χ3n) is 3.08. The Kier molecular flexibility index (Phi) is 4.89. The maximum Gasteiger partial charge on any atom is 0.249 e. The minimum atomic E-state index is -1.53. The summed E-state index contributed by atoms with van der Waals surface area (Å²) in [5.41, 5.74) is 6.13. The molecule has 0 spiro atoms. The van der Waals surface area contributed by atoms with Crippen LogP contribution in [0.3, 0.4) is 0 Å². The Hall–Kier alpha value is -3.40. The second-order valence-electron chi connectivity index (χ2n) is 4.59. The summed E-state index contributed by atoms with van der Waals surface area (Å²) in [4.78, 5) is 28.3. The van der Waals surface area contributed by atoms with Gasteiger partial charge in [0, 0.05) is 11.9 Å². The molecule has 0 aliphatic heterocycles. The summed E-state index contributed by atoms with van der Waals surface area (Å²) < 4.78 is 5.01. The second-order valence-corrected chi connectivity index (χ2v) is 4.59. The molecule has 23 heavy (non-hydrogen) atoms. The van der Waals surface area contributed by atoms with Gasteiger partial charge in [-0.25, -0.2) is 0 Å². The number of ketones is 1. The van der Waals surface area contributed by atoms with Crippen LogP contribution in [-0.2, 0) is 4.79 Å². The number of ether oxygens (including phenoxy) is 1. The van der Waals surface area contributed by atoms with E-state index in [4.69, 9.17) is 15.7 Å². The van der Waals surface area contributed by atoms with E-state index in [9.17, 15) is 9.59 Å². The number of methoxy groups -OCH3 is 1. The molecule has 0 saturated carbocycles. The predicted octanol–water partition coefficient (Wildman–Crippen LogP) is 1.63. The lowest BCUT2D eigenvalue weighted by Gasteiger charge is -2.10. The molecule has 0 aliphatic carbocycles. The number of carbonyl (C=O) groups is 2. The van der Waals surface area contributed by atoms with E-state index >= 15 is 0 Å². The van der Waals surface area contributed by atoms with Crippen molar-refractivity contribution in [3.63, 3.8) is 0 Å². The van der Waals surface area contributed by atoms with Crippen LogP contribution in [-0.4, -0.2) is 23.8 Å². The number of rotatable bonds is 5. The molecule has 1 atom stereocenters. The van der Waals surface area contributed by atoms with E-state index in [1.807, 2.05) is 0 Å². The minimum absolute atomic E-state index is 0.0936. The molecule has 0 aliphatic rings. The quantitative estimate of drug-likeness (QED) is 0.640. The van der Waals surface area contributed by atoms with E-state index in [0.717, 1.165) is 0 Å². The van der Waals surface area contributed by atoms with Crippen LogP contribution < -0.4 is 15.8 Å². The number of nitrogens with two attached hydrogens (primary N) is 1. The highest BCUT2D eigenvalue weighted by Gasteiger charge is 2.29. The molecule has 1 unspecified atom stereocenters. The maximum absolute atomic E-state index is 12.3. The molecule has 7 heteroatoms. The Morgan fingerprint density at radius 2 is 2.00 bits per heavy atom. The highest BCUT2D eigenvalue weighted by molar-refractivity contribution is 6.16. The summed E-state index contributed by atoms with van der Waals surface area (Å²) in [6.07, 6.45) is 1.37. The van der Waals surface area contributed by atoms with Crippen LogP contribution >= 0.6 is 0 Å². The molecule has 0 saturated heterocycles. The SMILES string of the molecule is COc1ccc(NC(=O)C(C#N)C(=O)c2ncccc2N)cc1. The Labute approximate surface area is 132 Å². The van der Waals surface area contributed by atoms with Crippen molar-refractivity contribution in [2.75, 3.05) is 18.2 Å². The lowest BCUT2D eigenvalue weighted by molar-refractivity contribution is -0.117. The second kappa shape index (κ2) is 7.04. The number of hydrogen-bond acceptors (Lipinski definition) is 6. The van der Waals surface area contributed by atoms with Gasteiger partial charge >= 0.3 is 0 Å². The third kappa shape index (κ3) is 3.63. The predicted molar refractivity (Wildman–Crippen MR) is 83.7 cm³/mol. The number of carbonyl (C=O) groups excluding carboxylic acids is 2. The molecule has 1 heterocycles. The van der Waals surface area contributed by atoms with Gasteiger partial charge in [0.15, 0.2) is 5.92 Å². The monoisotopic (exact) mass is 310 g/mol. The van der Waals surface area contributed by atoms with Crippen LogP contribution in [0.25, 0.3) is 0 Å². The summed E-state index contributed by atoms with van der Waals surface area (Å²) in [7, 11) is 1.52. The van der Waals surface area contributed by atoms with Gasteiger partial charge in [-0.1, -0.05) is 0 Å². The standard InChI is InChI=1S/C16H14N4O3/c1-23-11-6-4-10(5-7-11)20-16(22)12(9-17)15(21)14-13(18)3-2-8-19-14/h2-8,12H,18H2,1H3,(H,20,22). The summed E-state index contributed by atoms with van der Waals surface area (Å²) in [5, 5.41) is 11.7. The zero-order valence-electron chi connectivity index (χ0n) is 12.3. The molecule has 1 aromatic heterocycles. The molecular weight excluding hydrogens is 296 g/mol. The van der Waals surface area contributed by atoms with E-state index in [0.29, 0.717) is 11.4 Å². The molecule has 116 valence electrons. The maximum atomic E-state index is 12.3. The number of anilines is 2. The molecule has 3 N–H and O–H groups in total. The summed E-state index contributed by atoms with van der Waals surface area (Å²) >= 11 is 0. The van der Waals surface area contributed by atoms with Gasteiger partial charge in [-0.3, -0.25) is 14.6 Å². The Balaban J connectivity index is 2.17. The number of Topliss-reactive ketones (excluding diaryl/α,β-unsaturated/α-hetero) is 1. The first-order chi connectivity index (χ1) is 11.1. The van der Waals surface area contributed by atoms with Gasteiger partial charge in [-0.05, 0) is 36.4 Å². The zero-order chi connectivity index (χ0) is 16.8. The highest BCUT2D eigenvalue weighted by atomic mass is 16.5. The first-order valence-electron chi connectivity index (χ1n) is 6.66. The number of hydrogen-bond donors (Lipinski definition) is 2. The number of nitriles is 1. The van der Waals surface area contributed by atoms with Gasteiger partial charge in [0.1, 0.15) is 11.4 Å². The van der Waals surface area contributed by atoms with Crippen molar-refractivity contribution in [2.24, 2.45) is 5.92 Å². The van der Waals surface area contributed by atoms with Crippen molar-refractivity contribution in [1.82, 2.24) is 4.98 Å². The number of amides is 1. The van der Waals surface area contributed by atoms with Crippen LogP contribution in [0.5, 0.6) is 5.75 Å². The van der Waals surface area contributed by atoms with E-state index in [1.54, 1.807) is 36.4 Å². The van der Waals surface area contributed by atoms with E-state index in [2.05, 4.69) is 10.3 Å². The lowest BCUT2D eigenvalue weighted by atomic mass is 10.0. The molecule has 0 fully saturated rings. The van der Waals surface area contributed by atoms with E-state index in [-0.39, 0.29) is 11.4 Å². The number of nitrogen functional groups attached to an aromatic ring is 1. The third-order valence-corrected chi connectivity index (χ3v) is 3.08. The molecule has 2 aromatic rings. The van der Waals surface area contributed by atoms with E-state index in [1.165, 1.54) is 19.4 Å². The molecule has 1 amide bonds. The average molecular weight is 310 g/mol. The van der Waals surface area contributed by atoms with Crippen LogP contribution in [0, 0.1) is 17.2 Å². The van der Waals surface area contributed by atoms with Crippen molar-refractivity contribution in [3.05, 3.63) is 48.3 Å². The first kappa shape index (κ1) is 16.0. The molecule has 1 aromatic carbocycles. The van der Waals surface area contributed by atoms with Gasteiger partial charge in [-0.15, -0.1) is 0 Å². The van der Waals surface area contributed by atoms with Crippen molar-refractivity contribution >= 4 is 23.1 Å². The largest absolute Gasteiger partial charge is 0.497 e. The summed E-state index contributed by atoms with van der Waals surface area (Å²) in [6, 6.07) is 11.2. The number of pyridine rings is 1. The van der Waals surface area contributed by atoms with Gasteiger partial charge in [-0.2, -0.15) is 5.26 Å². The van der Waals surface area contributed by atoms with Crippen molar-refractivity contribution in [1.29, 1.82) is 5.26 Å². The molecule has 2 rings (SSSR count). The van der Waals surface area contributed by atoms with Crippen molar-refractivity contribution in [2.45, 2.75) is 0 Å². The number of aromatic nitrogens is 1. The fourth-order valence-corrected chi connectivity index (χ4v) is 1.89. The van der Waals surface area contributed by atoms with Crippen molar-refractivity contribution in [3.8, 4) is 11.8 Å². The number of nitrogens with one attached hydrogen (secondary N) is 1. The average Bonchev–Trinajstić information content (AvgIpc) is 2.56. The van der Waals surface area contributed by atoms with Crippen LogP contribution in [0.4, 0.5) is 11.4 Å². The zero-order valence-corrected chi connectivity index (χ0v) is 12.3. The lowest BCUT2D eigenvalue weighted by Crippen LogP contribution is -2.29. The van der Waals surface area contributed by atoms with Gasteiger partial charge < -0.3 is 15.8 Å². The van der Waals surface area contributed by atoms with Crippen molar-refractivity contribution < 1.29 is 14.3 Å². The normalized spacial score (nSPS) is 11.1. The molecular formula is C16H14N4O3. The van der Waals surface area contributed by atoms with Gasteiger partial charge in [0.05, 0.1) is 18.9 Å². The molecule has 7 nitrogen and oxygen atoms in total. The Morgan fingerprint density at radius 1 is 1.30 bits per heavy atom. The summed E-state index contributed by atoms with van der Waals surface area (Å²) in [5.74, 6) is -2.39. The molecule has 0 bridgehead atoms. The summed E-state index contributed by atoms with van der Waals surface area (Å²) in [6.45, 7) is 0. The Morgan fingerprint density at radius 3 is 2.57 bits per heavy atom. The van der Waals surface area contributed by atoms with Gasteiger partial charge in [0.25, 0.3) is 0 Å². The molecule has 0 radical (unpaired) electrons. The fraction of sp³-hybridized carbons (Fsp3) is 0.125. The smallest absolute Gasteiger partial charge is 0.249 e. The highest BCUT2D eigenvalue weighted by Crippen LogP contribution is 2.18. The van der Waals surface area contributed by atoms with Gasteiger partial charge in [0.2, 0.25) is 11.7 Å². The van der Waals surface area contributed by atoms with E-state index < -0.39 is 17.6 Å². The van der Waals surface area contributed by atoms with Crippen LogP contribution in [0.2, 0.25) is 0 Å². The first-order valence-corrected chi connectivity index (χ1v) is 6.66. The number of benzene rings is 1. The van der Waals surface area contributed by atoms with Crippen LogP contribution in [0.1, 0.15) is 10.5 Å². The number of nitrogens with zero attached hydrogens (tertiary/aromatic N) is 2. The topological polar surface area (TPSA) is 118 Å².